The van der Waals surface area contributed by atoms with Gasteiger partial charge in [-0.25, -0.2) is 4.39 Å². The van der Waals surface area contributed by atoms with Gasteiger partial charge in [-0.3, -0.25) is 0 Å². The minimum atomic E-state index is -0.287. The van der Waals surface area contributed by atoms with Crippen LogP contribution >= 0.6 is 15.9 Å². The Morgan fingerprint density at radius 2 is 2.06 bits per heavy atom. The molecule has 16 heavy (non-hydrogen) atoms. The zero-order valence-corrected chi connectivity index (χ0v) is 10.7. The molecule has 0 heterocycles. The van der Waals surface area contributed by atoms with Crippen molar-refractivity contribution < 1.29 is 13.9 Å². The zero-order chi connectivity index (χ0) is 11.8. The number of benzene rings is 1. The van der Waals surface area contributed by atoms with E-state index in [1.54, 1.807) is 19.2 Å². The predicted octanol–water partition coefficient (Wildman–Crippen LogP) is 2.20. The first-order chi connectivity index (χ1) is 7.74. The van der Waals surface area contributed by atoms with Crippen LogP contribution in [0.3, 0.4) is 0 Å². The molecule has 0 aromatic heterocycles. The molecular weight excluding hydrogens is 277 g/mol. The highest BCUT2D eigenvalue weighted by atomic mass is 79.9. The summed E-state index contributed by atoms with van der Waals surface area (Å²) in [5.41, 5.74) is 0. The van der Waals surface area contributed by atoms with Crippen molar-refractivity contribution in [3.05, 3.63) is 28.5 Å². The number of ether oxygens (including phenoxy) is 2. The molecule has 0 unspecified atom stereocenters. The molecule has 3 nitrogen and oxygen atoms in total. The maximum Gasteiger partial charge on any atom is 0.137 e. The van der Waals surface area contributed by atoms with Crippen molar-refractivity contribution in [1.82, 2.24) is 5.32 Å². The van der Waals surface area contributed by atoms with E-state index in [0.29, 0.717) is 23.4 Å². The number of hydrogen-bond acceptors (Lipinski definition) is 3. The number of nitrogens with one attached hydrogen (secondary N) is 1. The smallest absolute Gasteiger partial charge is 0.137 e. The topological polar surface area (TPSA) is 30.5 Å². The lowest BCUT2D eigenvalue weighted by molar-refractivity contribution is 0.196. The van der Waals surface area contributed by atoms with Crippen LogP contribution in [0.1, 0.15) is 0 Å². The van der Waals surface area contributed by atoms with Crippen molar-refractivity contribution in [2.45, 2.75) is 0 Å². The predicted molar refractivity (Wildman–Crippen MR) is 64.3 cm³/mol. The SMILES string of the molecule is COCCNCCOc1ccc(F)c(Br)c1. The molecule has 0 aliphatic heterocycles. The highest BCUT2D eigenvalue weighted by Gasteiger charge is 2.00. The summed E-state index contributed by atoms with van der Waals surface area (Å²) in [7, 11) is 1.66. The average molecular weight is 292 g/mol. The van der Waals surface area contributed by atoms with Crippen molar-refractivity contribution in [3.8, 4) is 5.75 Å². The van der Waals surface area contributed by atoms with Gasteiger partial charge in [-0.05, 0) is 34.1 Å². The Hall–Kier alpha value is -0.650. The quantitative estimate of drug-likeness (QED) is 0.782. The van der Waals surface area contributed by atoms with E-state index >= 15 is 0 Å². The van der Waals surface area contributed by atoms with Crippen LogP contribution in [0.15, 0.2) is 22.7 Å². The van der Waals surface area contributed by atoms with E-state index < -0.39 is 0 Å². The fourth-order valence-corrected chi connectivity index (χ4v) is 1.46. The van der Waals surface area contributed by atoms with Crippen LogP contribution in [-0.2, 0) is 4.74 Å². The molecule has 0 spiro atoms. The molecule has 1 rings (SSSR count). The van der Waals surface area contributed by atoms with Crippen LogP contribution < -0.4 is 10.1 Å². The second-order valence-corrected chi connectivity index (χ2v) is 4.02. The van der Waals surface area contributed by atoms with Crippen LogP contribution in [-0.4, -0.2) is 33.4 Å². The average Bonchev–Trinajstić information content (AvgIpc) is 2.28. The second kappa shape index (κ2) is 7.60. The van der Waals surface area contributed by atoms with Gasteiger partial charge in [0.05, 0.1) is 11.1 Å². The summed E-state index contributed by atoms with van der Waals surface area (Å²) in [6.45, 7) is 2.76. The summed E-state index contributed by atoms with van der Waals surface area (Å²) in [5.74, 6) is 0.368. The molecule has 1 aromatic carbocycles. The first-order valence-corrected chi connectivity index (χ1v) is 5.81. The summed E-state index contributed by atoms with van der Waals surface area (Å²) in [4.78, 5) is 0. The van der Waals surface area contributed by atoms with E-state index in [2.05, 4.69) is 21.2 Å². The van der Waals surface area contributed by atoms with Crippen molar-refractivity contribution in [3.63, 3.8) is 0 Å². The van der Waals surface area contributed by atoms with E-state index in [-0.39, 0.29) is 5.82 Å². The Bertz CT molecular complexity index is 323. The third kappa shape index (κ3) is 4.92. The first kappa shape index (κ1) is 13.4. The maximum atomic E-state index is 12.9. The Balaban J connectivity index is 2.19. The molecule has 0 bridgehead atoms. The lowest BCUT2D eigenvalue weighted by Gasteiger charge is -2.07. The van der Waals surface area contributed by atoms with Gasteiger partial charge in [0.1, 0.15) is 18.2 Å². The van der Waals surface area contributed by atoms with Gasteiger partial charge >= 0.3 is 0 Å². The van der Waals surface area contributed by atoms with Gasteiger partial charge < -0.3 is 14.8 Å². The van der Waals surface area contributed by atoms with E-state index in [9.17, 15) is 4.39 Å². The van der Waals surface area contributed by atoms with Gasteiger partial charge in [-0.15, -0.1) is 0 Å². The Morgan fingerprint density at radius 3 is 2.75 bits per heavy atom. The normalized spacial score (nSPS) is 10.4. The molecule has 1 N–H and O–H groups in total. The molecule has 0 saturated heterocycles. The van der Waals surface area contributed by atoms with Crippen molar-refractivity contribution in [1.29, 1.82) is 0 Å². The fourth-order valence-electron chi connectivity index (χ4n) is 1.11. The van der Waals surface area contributed by atoms with Crippen LogP contribution in [0.5, 0.6) is 5.75 Å². The van der Waals surface area contributed by atoms with Crippen LogP contribution in [0, 0.1) is 5.82 Å². The molecule has 1 aromatic rings. The number of rotatable bonds is 7. The lowest BCUT2D eigenvalue weighted by atomic mass is 10.3. The summed E-state index contributed by atoms with van der Waals surface area (Å²) in [5, 5.41) is 3.15. The number of halogens is 2. The standard InChI is InChI=1S/C11H15BrFNO2/c1-15-6-4-14-5-7-16-9-2-3-11(13)10(12)8-9/h2-3,8,14H,4-7H2,1H3. The minimum Gasteiger partial charge on any atom is -0.492 e. The fraction of sp³-hybridized carbons (Fsp3) is 0.455. The molecule has 0 radical (unpaired) electrons. The lowest BCUT2D eigenvalue weighted by Crippen LogP contribution is -2.24. The maximum absolute atomic E-state index is 12.9. The molecule has 0 atom stereocenters. The Labute approximate surface area is 103 Å². The highest BCUT2D eigenvalue weighted by Crippen LogP contribution is 2.21. The molecule has 0 aliphatic carbocycles. The molecule has 0 fully saturated rings. The largest absolute Gasteiger partial charge is 0.492 e. The molecule has 90 valence electrons. The van der Waals surface area contributed by atoms with Crippen LogP contribution in [0.25, 0.3) is 0 Å². The van der Waals surface area contributed by atoms with E-state index in [0.717, 1.165) is 13.1 Å². The molecule has 0 amide bonds. The monoisotopic (exact) mass is 291 g/mol. The summed E-state index contributed by atoms with van der Waals surface area (Å²) in [6, 6.07) is 4.59. The first-order valence-electron chi connectivity index (χ1n) is 5.01. The Morgan fingerprint density at radius 1 is 1.31 bits per heavy atom. The van der Waals surface area contributed by atoms with Crippen molar-refractivity contribution >= 4 is 15.9 Å². The van der Waals surface area contributed by atoms with Gasteiger partial charge in [0.2, 0.25) is 0 Å². The molecule has 0 aliphatic rings. The second-order valence-electron chi connectivity index (χ2n) is 3.17. The van der Waals surface area contributed by atoms with Gasteiger partial charge in [0.25, 0.3) is 0 Å². The molecule has 0 saturated carbocycles. The van der Waals surface area contributed by atoms with Gasteiger partial charge in [-0.1, -0.05) is 0 Å². The van der Waals surface area contributed by atoms with Gasteiger partial charge in [-0.2, -0.15) is 0 Å². The highest BCUT2D eigenvalue weighted by molar-refractivity contribution is 9.10. The third-order valence-corrected chi connectivity index (χ3v) is 2.53. The zero-order valence-electron chi connectivity index (χ0n) is 9.13. The van der Waals surface area contributed by atoms with Crippen molar-refractivity contribution in [2.24, 2.45) is 0 Å². The van der Waals surface area contributed by atoms with E-state index in [4.69, 9.17) is 9.47 Å². The van der Waals surface area contributed by atoms with Crippen LogP contribution in [0.4, 0.5) is 4.39 Å². The van der Waals surface area contributed by atoms with Gasteiger partial charge in [0, 0.05) is 20.2 Å². The summed E-state index contributed by atoms with van der Waals surface area (Å²) in [6.07, 6.45) is 0. The Kier molecular flexibility index (Phi) is 6.37. The number of hydrogen-bond donors (Lipinski definition) is 1. The minimum absolute atomic E-state index is 0.287. The summed E-state index contributed by atoms with van der Waals surface area (Å²) >= 11 is 3.10. The number of methoxy groups -OCH3 is 1. The van der Waals surface area contributed by atoms with E-state index in [1.807, 2.05) is 0 Å². The van der Waals surface area contributed by atoms with Crippen LogP contribution in [0.2, 0.25) is 0 Å². The molecule has 5 heteroatoms. The van der Waals surface area contributed by atoms with E-state index in [1.165, 1.54) is 6.07 Å². The third-order valence-electron chi connectivity index (χ3n) is 1.92. The molecular formula is C11H15BrFNO2. The van der Waals surface area contributed by atoms with Crippen molar-refractivity contribution in [2.75, 3.05) is 33.4 Å². The van der Waals surface area contributed by atoms with Gasteiger partial charge in [0.15, 0.2) is 0 Å². The summed E-state index contributed by atoms with van der Waals surface area (Å²) < 4.78 is 23.6.